The Morgan fingerprint density at radius 1 is 1.05 bits per heavy atom. The summed E-state index contributed by atoms with van der Waals surface area (Å²) in [6, 6.07) is 15.4. The van der Waals surface area contributed by atoms with Crippen LogP contribution in [0.5, 0.6) is 5.75 Å². The molecule has 2 atom stereocenters. The number of carbonyl (C=O) groups excluding carboxylic acids is 2. The Hall–Kier alpha value is -3.57. The number of ether oxygens (including phenoxy) is 2. The number of allylic oxidation sites excluding steroid dienone is 6. The zero-order valence-electron chi connectivity index (χ0n) is 21.1. The number of hydrogen-bond acceptors (Lipinski definition) is 5. The van der Waals surface area contributed by atoms with Crippen molar-refractivity contribution in [1.82, 2.24) is 5.32 Å². The van der Waals surface area contributed by atoms with Crippen molar-refractivity contribution >= 4 is 23.4 Å². The van der Waals surface area contributed by atoms with E-state index in [1.165, 1.54) is 12.7 Å². The van der Waals surface area contributed by atoms with Crippen molar-refractivity contribution in [2.75, 3.05) is 13.7 Å². The lowest BCUT2D eigenvalue weighted by Gasteiger charge is -2.36. The average molecular weight is 516 g/mol. The molecule has 0 saturated heterocycles. The lowest BCUT2D eigenvalue weighted by Crippen LogP contribution is -2.36. The van der Waals surface area contributed by atoms with Crippen molar-refractivity contribution < 1.29 is 19.1 Å². The van der Waals surface area contributed by atoms with Crippen molar-refractivity contribution in [3.8, 4) is 5.75 Å². The molecule has 0 bridgehead atoms. The van der Waals surface area contributed by atoms with E-state index in [1.807, 2.05) is 55.5 Å². The molecule has 2 aromatic carbocycles. The largest absolute Gasteiger partial charge is 0.489 e. The van der Waals surface area contributed by atoms with Crippen molar-refractivity contribution in [3.05, 3.63) is 111 Å². The Bertz CT molecular complexity index is 1330. The van der Waals surface area contributed by atoms with Gasteiger partial charge in [-0.05, 0) is 73.1 Å². The van der Waals surface area contributed by atoms with E-state index in [-0.39, 0.29) is 11.7 Å². The second-order valence-electron chi connectivity index (χ2n) is 9.71. The number of nitrogens with one attached hydrogen (secondary N) is 1. The number of ketones is 1. The molecule has 0 aromatic heterocycles. The molecule has 0 radical (unpaired) electrons. The molecule has 1 heterocycles. The highest BCUT2D eigenvalue weighted by Crippen LogP contribution is 2.46. The Kier molecular flexibility index (Phi) is 7.33. The van der Waals surface area contributed by atoms with Gasteiger partial charge in [0.25, 0.3) is 0 Å². The van der Waals surface area contributed by atoms with Crippen LogP contribution in [0.15, 0.2) is 94.9 Å². The topological polar surface area (TPSA) is 64.6 Å². The van der Waals surface area contributed by atoms with Crippen LogP contribution >= 0.6 is 11.6 Å². The summed E-state index contributed by atoms with van der Waals surface area (Å²) in [4.78, 5) is 26.5. The maximum Gasteiger partial charge on any atom is 0.336 e. The van der Waals surface area contributed by atoms with Gasteiger partial charge in [-0.25, -0.2) is 4.79 Å². The Morgan fingerprint density at radius 3 is 2.46 bits per heavy atom. The van der Waals surface area contributed by atoms with Gasteiger partial charge < -0.3 is 14.8 Å². The highest BCUT2D eigenvalue weighted by atomic mass is 35.5. The van der Waals surface area contributed by atoms with E-state index < -0.39 is 11.9 Å². The molecule has 0 fully saturated rings. The third-order valence-corrected chi connectivity index (χ3v) is 7.56. The van der Waals surface area contributed by atoms with Crippen LogP contribution in [-0.4, -0.2) is 25.5 Å². The lowest BCUT2D eigenvalue weighted by atomic mass is 9.72. The van der Waals surface area contributed by atoms with E-state index in [1.54, 1.807) is 0 Å². The highest BCUT2D eigenvalue weighted by Gasteiger charge is 2.41. The molecule has 0 amide bonds. The highest BCUT2D eigenvalue weighted by molar-refractivity contribution is 6.30. The van der Waals surface area contributed by atoms with E-state index in [9.17, 15) is 9.59 Å². The second kappa shape index (κ2) is 10.8. The van der Waals surface area contributed by atoms with Gasteiger partial charge in [0.15, 0.2) is 5.78 Å². The van der Waals surface area contributed by atoms with Gasteiger partial charge in [0.2, 0.25) is 0 Å². The number of Topliss-reactive ketones (excluding diaryl/α,β-unsaturated/α-hetero) is 1. The number of rotatable bonds is 6. The number of hydrogen-bond donors (Lipinski definition) is 1. The minimum Gasteiger partial charge on any atom is -0.489 e. The molecule has 2 aliphatic carbocycles. The fraction of sp³-hybridized carbons (Fsp3) is 0.290. The Balaban J connectivity index is 1.45. The van der Waals surface area contributed by atoms with Crippen LogP contribution < -0.4 is 10.1 Å². The van der Waals surface area contributed by atoms with Gasteiger partial charge in [-0.2, -0.15) is 0 Å². The predicted molar refractivity (Wildman–Crippen MR) is 144 cm³/mol. The van der Waals surface area contributed by atoms with Gasteiger partial charge in [-0.15, -0.1) is 0 Å². The molecule has 5 nitrogen and oxygen atoms in total. The minimum atomic E-state index is -0.498. The van der Waals surface area contributed by atoms with Gasteiger partial charge in [0.05, 0.1) is 12.7 Å². The number of esters is 1. The van der Waals surface area contributed by atoms with Crippen LogP contribution in [0.4, 0.5) is 0 Å². The summed E-state index contributed by atoms with van der Waals surface area (Å²) < 4.78 is 11.1. The maximum atomic E-state index is 13.6. The first-order valence-corrected chi connectivity index (χ1v) is 13.0. The molecule has 190 valence electrons. The molecule has 37 heavy (non-hydrogen) atoms. The summed E-state index contributed by atoms with van der Waals surface area (Å²) >= 11 is 6.07. The van der Waals surface area contributed by atoms with Crippen molar-refractivity contribution in [3.63, 3.8) is 0 Å². The molecule has 0 spiro atoms. The summed E-state index contributed by atoms with van der Waals surface area (Å²) in [5, 5.41) is 4.04. The number of methoxy groups -OCH3 is 1. The fourth-order valence-corrected chi connectivity index (χ4v) is 5.55. The summed E-state index contributed by atoms with van der Waals surface area (Å²) in [6.45, 7) is 2.41. The third kappa shape index (κ3) is 5.28. The molecule has 1 aliphatic heterocycles. The second-order valence-corrected chi connectivity index (χ2v) is 10.1. The number of benzene rings is 2. The number of halogens is 1. The minimum absolute atomic E-state index is 0.0326. The first-order chi connectivity index (χ1) is 17.9. The molecule has 0 saturated carbocycles. The smallest absolute Gasteiger partial charge is 0.336 e. The zero-order valence-corrected chi connectivity index (χ0v) is 21.8. The molecule has 3 aliphatic rings. The fourth-order valence-electron chi connectivity index (χ4n) is 5.43. The molecule has 2 unspecified atom stereocenters. The average Bonchev–Trinajstić information content (AvgIpc) is 2.92. The summed E-state index contributed by atoms with van der Waals surface area (Å²) in [7, 11) is 1.37. The van der Waals surface area contributed by atoms with E-state index >= 15 is 0 Å². The number of dihydropyridines is 1. The van der Waals surface area contributed by atoms with Crippen LogP contribution in [0.2, 0.25) is 5.02 Å². The van der Waals surface area contributed by atoms with Gasteiger partial charge in [-0.1, -0.05) is 54.1 Å². The molecule has 1 N–H and O–H groups in total. The first kappa shape index (κ1) is 25.1. The Labute approximate surface area is 222 Å². The summed E-state index contributed by atoms with van der Waals surface area (Å²) in [6.07, 6.45) is 9.41. The van der Waals surface area contributed by atoms with E-state index in [4.69, 9.17) is 21.1 Å². The van der Waals surface area contributed by atoms with Gasteiger partial charge in [0, 0.05) is 34.3 Å². The van der Waals surface area contributed by atoms with Crippen molar-refractivity contribution in [1.29, 1.82) is 0 Å². The van der Waals surface area contributed by atoms with Gasteiger partial charge >= 0.3 is 5.97 Å². The standard InChI is InChI=1S/C31H30ClNO4/c1-19-28(31(35)36-2)29(22-10-14-25(15-11-22)37-18-20-6-4-3-5-7-20)30-26(33-19)16-23(17-27(30)34)21-8-12-24(32)13-9-21/h3-4,6,8-15,23,29,33H,5,7,16-18H2,1-2H3. The maximum absolute atomic E-state index is 13.6. The Morgan fingerprint density at radius 2 is 1.78 bits per heavy atom. The normalized spacial score (nSPS) is 21.3. The van der Waals surface area contributed by atoms with Crippen LogP contribution in [0.25, 0.3) is 0 Å². The lowest BCUT2D eigenvalue weighted by molar-refractivity contribution is -0.136. The van der Waals surface area contributed by atoms with Gasteiger partial charge in [-0.3, -0.25) is 4.79 Å². The monoisotopic (exact) mass is 515 g/mol. The summed E-state index contributed by atoms with van der Waals surface area (Å²) in [5.41, 5.74) is 5.87. The van der Waals surface area contributed by atoms with E-state index in [0.29, 0.717) is 41.3 Å². The van der Waals surface area contributed by atoms with Crippen LogP contribution in [0.3, 0.4) is 0 Å². The van der Waals surface area contributed by atoms with Crippen molar-refractivity contribution in [2.24, 2.45) is 0 Å². The first-order valence-electron chi connectivity index (χ1n) is 12.6. The van der Waals surface area contributed by atoms with E-state index in [0.717, 1.165) is 35.4 Å². The number of carbonyl (C=O) groups is 2. The summed E-state index contributed by atoms with van der Waals surface area (Å²) in [5.74, 6) is -0.107. The SMILES string of the molecule is COC(=O)C1=C(C)NC2=C(C(=O)CC(c3ccc(Cl)cc3)C2)C1c1ccc(OCC2=CC=CCC2)cc1. The molecule has 5 rings (SSSR count). The molecular weight excluding hydrogens is 486 g/mol. The van der Waals surface area contributed by atoms with Crippen molar-refractivity contribution in [2.45, 2.75) is 44.4 Å². The third-order valence-electron chi connectivity index (χ3n) is 7.31. The van der Waals surface area contributed by atoms with Gasteiger partial charge in [0.1, 0.15) is 12.4 Å². The quantitative estimate of drug-likeness (QED) is 0.443. The predicted octanol–water partition coefficient (Wildman–Crippen LogP) is 6.53. The zero-order chi connectivity index (χ0) is 25.9. The molecule has 6 heteroatoms. The molecular formula is C31H30ClNO4. The molecule has 2 aromatic rings. The van der Waals surface area contributed by atoms with E-state index in [2.05, 4.69) is 23.5 Å². The van der Waals surface area contributed by atoms with Crippen LogP contribution in [0, 0.1) is 0 Å². The van der Waals surface area contributed by atoms with Crippen LogP contribution in [0.1, 0.15) is 55.6 Å². The van der Waals surface area contributed by atoms with Crippen LogP contribution in [-0.2, 0) is 14.3 Å².